The van der Waals surface area contributed by atoms with E-state index in [1.165, 1.54) is 12.0 Å². The first-order chi connectivity index (χ1) is 9.44. The molecule has 0 amide bonds. The molecule has 1 aliphatic rings. The van der Waals surface area contributed by atoms with E-state index in [2.05, 4.69) is 32.2 Å². The van der Waals surface area contributed by atoms with Crippen LogP contribution >= 0.6 is 11.6 Å². The second-order valence-electron chi connectivity index (χ2n) is 5.90. The summed E-state index contributed by atoms with van der Waals surface area (Å²) in [5.41, 5.74) is 2.34. The summed E-state index contributed by atoms with van der Waals surface area (Å²) in [4.78, 5) is 0. The fourth-order valence-corrected chi connectivity index (χ4v) is 3.60. The van der Waals surface area contributed by atoms with Gasteiger partial charge in [-0.15, -0.1) is 0 Å². The molecule has 0 saturated carbocycles. The first-order valence-corrected chi connectivity index (χ1v) is 7.52. The number of benzene rings is 1. The number of methoxy groups -OCH3 is 2. The summed E-state index contributed by atoms with van der Waals surface area (Å²) in [6.45, 7) is 7.60. The van der Waals surface area contributed by atoms with Gasteiger partial charge in [0.25, 0.3) is 0 Å². The zero-order valence-electron chi connectivity index (χ0n) is 13.0. The number of rotatable bonds is 4. The predicted molar refractivity (Wildman–Crippen MR) is 83.2 cm³/mol. The van der Waals surface area contributed by atoms with Gasteiger partial charge in [-0.1, -0.05) is 25.4 Å². The lowest BCUT2D eigenvalue weighted by atomic mass is 9.83. The van der Waals surface area contributed by atoms with Crippen molar-refractivity contribution in [1.29, 1.82) is 0 Å². The molecule has 0 radical (unpaired) electrons. The average Bonchev–Trinajstić information content (AvgIpc) is 2.85. The van der Waals surface area contributed by atoms with Crippen molar-refractivity contribution in [2.24, 2.45) is 0 Å². The highest BCUT2D eigenvalue weighted by Gasteiger charge is 2.35. The van der Waals surface area contributed by atoms with Crippen LogP contribution in [0.1, 0.15) is 50.7 Å². The van der Waals surface area contributed by atoms with E-state index in [0.29, 0.717) is 22.4 Å². The Morgan fingerprint density at radius 1 is 1.30 bits per heavy atom. The Morgan fingerprint density at radius 2 is 2.00 bits per heavy atom. The summed E-state index contributed by atoms with van der Waals surface area (Å²) in [6, 6.07) is 2.08. The Balaban J connectivity index is 2.68. The van der Waals surface area contributed by atoms with E-state index in [4.69, 9.17) is 21.1 Å². The molecule has 20 heavy (non-hydrogen) atoms. The fourth-order valence-electron chi connectivity index (χ4n) is 3.11. The summed E-state index contributed by atoms with van der Waals surface area (Å²) in [5.74, 6) is 1.66. The van der Waals surface area contributed by atoms with E-state index < -0.39 is 0 Å². The molecule has 1 N–H and O–H groups in total. The SMILES string of the molecule is COc1cc(C2(C)CCCN2)c(C(C)C)c(Cl)c1OC. The van der Waals surface area contributed by atoms with Crippen molar-refractivity contribution in [1.82, 2.24) is 5.32 Å². The van der Waals surface area contributed by atoms with Crippen molar-refractivity contribution in [3.05, 3.63) is 22.2 Å². The lowest BCUT2D eigenvalue weighted by Gasteiger charge is -2.31. The first-order valence-electron chi connectivity index (χ1n) is 7.14. The molecule has 4 heteroatoms. The minimum absolute atomic E-state index is 0.0389. The van der Waals surface area contributed by atoms with Crippen molar-refractivity contribution < 1.29 is 9.47 Å². The molecule has 0 bridgehead atoms. The van der Waals surface area contributed by atoms with Gasteiger partial charge in [0, 0.05) is 5.54 Å². The van der Waals surface area contributed by atoms with E-state index in [0.717, 1.165) is 18.5 Å². The summed E-state index contributed by atoms with van der Waals surface area (Å²) >= 11 is 6.60. The maximum absolute atomic E-state index is 6.60. The molecule has 1 heterocycles. The van der Waals surface area contributed by atoms with E-state index in [-0.39, 0.29) is 5.54 Å². The highest BCUT2D eigenvalue weighted by Crippen LogP contribution is 2.47. The van der Waals surface area contributed by atoms with Gasteiger partial charge in [0.2, 0.25) is 0 Å². The van der Waals surface area contributed by atoms with E-state index in [1.54, 1.807) is 14.2 Å². The van der Waals surface area contributed by atoms with Gasteiger partial charge in [-0.2, -0.15) is 0 Å². The molecule has 1 saturated heterocycles. The number of nitrogens with one attached hydrogen (secondary N) is 1. The molecule has 1 aromatic carbocycles. The summed E-state index contributed by atoms with van der Waals surface area (Å²) < 4.78 is 10.9. The summed E-state index contributed by atoms with van der Waals surface area (Å²) in [6.07, 6.45) is 2.29. The maximum Gasteiger partial charge on any atom is 0.179 e. The highest BCUT2D eigenvalue weighted by molar-refractivity contribution is 6.33. The third kappa shape index (κ3) is 2.49. The summed E-state index contributed by atoms with van der Waals surface area (Å²) in [7, 11) is 3.28. The highest BCUT2D eigenvalue weighted by atomic mass is 35.5. The van der Waals surface area contributed by atoms with E-state index >= 15 is 0 Å². The smallest absolute Gasteiger partial charge is 0.179 e. The van der Waals surface area contributed by atoms with Crippen LogP contribution in [0.3, 0.4) is 0 Å². The van der Waals surface area contributed by atoms with Gasteiger partial charge < -0.3 is 14.8 Å². The number of ether oxygens (including phenoxy) is 2. The van der Waals surface area contributed by atoms with E-state index in [1.807, 2.05) is 0 Å². The van der Waals surface area contributed by atoms with Crippen molar-refractivity contribution in [2.45, 2.75) is 45.1 Å². The molecule has 3 nitrogen and oxygen atoms in total. The minimum atomic E-state index is -0.0389. The largest absolute Gasteiger partial charge is 0.493 e. The quantitative estimate of drug-likeness (QED) is 0.908. The topological polar surface area (TPSA) is 30.5 Å². The maximum atomic E-state index is 6.60. The normalized spacial score (nSPS) is 22.4. The van der Waals surface area contributed by atoms with Crippen LogP contribution in [0.4, 0.5) is 0 Å². The standard InChI is InChI=1S/C16H24ClNO2/c1-10(2)13-11(16(3)7-6-8-18-16)9-12(19-4)15(20-5)14(13)17/h9-10,18H,6-8H2,1-5H3. The molecule has 112 valence electrons. The van der Waals surface area contributed by atoms with Crippen LogP contribution < -0.4 is 14.8 Å². The summed E-state index contributed by atoms with van der Waals surface area (Å²) in [5, 5.41) is 4.28. The lowest BCUT2D eigenvalue weighted by Crippen LogP contribution is -2.34. The van der Waals surface area contributed by atoms with Gasteiger partial charge in [-0.05, 0) is 49.4 Å². The molecule has 1 atom stereocenters. The number of hydrogen-bond acceptors (Lipinski definition) is 3. The third-order valence-electron chi connectivity index (χ3n) is 4.19. The molecule has 1 fully saturated rings. The third-order valence-corrected chi connectivity index (χ3v) is 4.57. The Labute approximate surface area is 126 Å². The average molecular weight is 298 g/mol. The second kappa shape index (κ2) is 5.82. The van der Waals surface area contributed by atoms with E-state index in [9.17, 15) is 0 Å². The zero-order chi connectivity index (χ0) is 14.9. The van der Waals surface area contributed by atoms with Gasteiger partial charge in [0.15, 0.2) is 11.5 Å². The van der Waals surface area contributed by atoms with Crippen molar-refractivity contribution in [3.63, 3.8) is 0 Å². The molecule has 0 aromatic heterocycles. The number of hydrogen-bond donors (Lipinski definition) is 1. The zero-order valence-corrected chi connectivity index (χ0v) is 13.7. The Kier molecular flexibility index (Phi) is 4.50. The Hall–Kier alpha value is -0.930. The predicted octanol–water partition coefficient (Wildman–Crippen LogP) is 4.08. The molecule has 0 aliphatic carbocycles. The van der Waals surface area contributed by atoms with Gasteiger partial charge in [-0.25, -0.2) is 0 Å². The van der Waals surface area contributed by atoms with Crippen LogP contribution in [0.15, 0.2) is 6.07 Å². The second-order valence-corrected chi connectivity index (χ2v) is 6.28. The first kappa shape index (κ1) is 15.5. The van der Waals surface area contributed by atoms with Crippen LogP contribution in [0.5, 0.6) is 11.5 Å². The molecule has 1 aliphatic heterocycles. The molecule has 0 spiro atoms. The van der Waals surface area contributed by atoms with Crippen LogP contribution in [0.25, 0.3) is 0 Å². The molecular formula is C16H24ClNO2. The fraction of sp³-hybridized carbons (Fsp3) is 0.625. The molecular weight excluding hydrogens is 274 g/mol. The molecule has 1 aromatic rings. The van der Waals surface area contributed by atoms with Crippen LogP contribution in [-0.2, 0) is 5.54 Å². The van der Waals surface area contributed by atoms with Gasteiger partial charge in [0.1, 0.15) is 0 Å². The molecule has 2 rings (SSSR count). The molecule has 1 unspecified atom stereocenters. The van der Waals surface area contributed by atoms with Gasteiger partial charge in [-0.3, -0.25) is 0 Å². The van der Waals surface area contributed by atoms with Crippen LogP contribution in [-0.4, -0.2) is 20.8 Å². The minimum Gasteiger partial charge on any atom is -0.493 e. The van der Waals surface area contributed by atoms with Crippen molar-refractivity contribution in [2.75, 3.05) is 20.8 Å². The van der Waals surface area contributed by atoms with Gasteiger partial charge >= 0.3 is 0 Å². The lowest BCUT2D eigenvalue weighted by molar-refractivity contribution is 0.350. The Morgan fingerprint density at radius 3 is 2.45 bits per heavy atom. The monoisotopic (exact) mass is 297 g/mol. The van der Waals surface area contributed by atoms with Crippen LogP contribution in [0, 0.1) is 0 Å². The number of halogens is 1. The van der Waals surface area contributed by atoms with Crippen molar-refractivity contribution in [3.8, 4) is 11.5 Å². The van der Waals surface area contributed by atoms with Gasteiger partial charge in [0.05, 0.1) is 19.2 Å². The van der Waals surface area contributed by atoms with Crippen LogP contribution in [0.2, 0.25) is 5.02 Å². The Bertz CT molecular complexity index is 494. The van der Waals surface area contributed by atoms with Crippen molar-refractivity contribution >= 4 is 11.6 Å².